The number of hydrogen-bond acceptors (Lipinski definition) is 3. The first-order valence-electron chi connectivity index (χ1n) is 7.19. The maximum atomic E-state index is 4.57. The van der Waals surface area contributed by atoms with Gasteiger partial charge in [-0.25, -0.2) is 0 Å². The predicted octanol–water partition coefficient (Wildman–Crippen LogP) is 2.27. The zero-order chi connectivity index (χ0) is 14.0. The van der Waals surface area contributed by atoms with E-state index in [1.807, 2.05) is 11.7 Å². The van der Waals surface area contributed by atoms with Gasteiger partial charge < -0.3 is 0 Å². The highest BCUT2D eigenvalue weighted by Crippen LogP contribution is 2.23. The van der Waals surface area contributed by atoms with Crippen molar-refractivity contribution in [1.29, 1.82) is 0 Å². The summed E-state index contributed by atoms with van der Waals surface area (Å²) >= 11 is 3.70. The number of aromatic nitrogens is 2. The Bertz CT molecular complexity index is 419. The van der Waals surface area contributed by atoms with Crippen molar-refractivity contribution < 1.29 is 0 Å². The molecular weight excluding hydrogens is 304 g/mol. The lowest BCUT2D eigenvalue weighted by atomic mass is 10.2. The molecule has 1 saturated heterocycles. The molecule has 0 spiro atoms. The van der Waals surface area contributed by atoms with Gasteiger partial charge in [-0.3, -0.25) is 14.5 Å². The van der Waals surface area contributed by atoms with E-state index in [0.29, 0.717) is 6.04 Å². The van der Waals surface area contributed by atoms with Crippen LogP contribution in [0, 0.1) is 0 Å². The number of nitrogens with zero attached hydrogens (tertiary/aromatic N) is 4. The average Bonchev–Trinajstić information content (AvgIpc) is 2.67. The highest BCUT2D eigenvalue weighted by molar-refractivity contribution is 9.10. The number of rotatable bonds is 4. The highest BCUT2D eigenvalue weighted by atomic mass is 79.9. The van der Waals surface area contributed by atoms with E-state index in [0.717, 1.165) is 26.1 Å². The van der Waals surface area contributed by atoms with Gasteiger partial charge in [0.05, 0.1) is 15.9 Å². The van der Waals surface area contributed by atoms with Crippen LogP contribution in [0.25, 0.3) is 0 Å². The summed E-state index contributed by atoms with van der Waals surface area (Å²) in [7, 11) is 2.05. The molecule has 108 valence electrons. The van der Waals surface area contributed by atoms with E-state index in [9.17, 15) is 0 Å². The Balaban J connectivity index is 1.98. The summed E-state index contributed by atoms with van der Waals surface area (Å²) in [5.74, 6) is 0. The van der Waals surface area contributed by atoms with Crippen LogP contribution in [-0.2, 0) is 20.0 Å². The van der Waals surface area contributed by atoms with Crippen LogP contribution < -0.4 is 0 Å². The molecule has 1 aliphatic rings. The van der Waals surface area contributed by atoms with Crippen LogP contribution in [0.1, 0.15) is 32.2 Å². The summed E-state index contributed by atoms with van der Waals surface area (Å²) in [6.45, 7) is 12.4. The second-order valence-electron chi connectivity index (χ2n) is 5.59. The average molecular weight is 329 g/mol. The predicted molar refractivity (Wildman–Crippen MR) is 82.3 cm³/mol. The molecule has 1 aromatic rings. The molecule has 0 amide bonds. The first-order chi connectivity index (χ1) is 9.02. The first kappa shape index (κ1) is 15.0. The maximum Gasteiger partial charge on any atom is 0.0767 e. The Hall–Kier alpha value is -0.390. The molecular formula is C14H25BrN4. The third kappa shape index (κ3) is 3.38. The monoisotopic (exact) mass is 328 g/mol. The molecule has 0 saturated carbocycles. The van der Waals surface area contributed by atoms with Crippen molar-refractivity contribution in [1.82, 2.24) is 19.6 Å². The van der Waals surface area contributed by atoms with Crippen molar-refractivity contribution in [3.05, 3.63) is 15.9 Å². The molecule has 19 heavy (non-hydrogen) atoms. The van der Waals surface area contributed by atoms with Gasteiger partial charge in [0.1, 0.15) is 0 Å². The molecule has 0 atom stereocenters. The van der Waals surface area contributed by atoms with E-state index < -0.39 is 0 Å². The van der Waals surface area contributed by atoms with Crippen LogP contribution in [0.3, 0.4) is 0 Å². The van der Waals surface area contributed by atoms with Gasteiger partial charge in [0.2, 0.25) is 0 Å². The van der Waals surface area contributed by atoms with Crippen molar-refractivity contribution in [2.45, 2.75) is 39.8 Å². The molecule has 1 fully saturated rings. The molecule has 2 heterocycles. The molecule has 4 nitrogen and oxygen atoms in total. The summed E-state index contributed by atoms with van der Waals surface area (Å²) < 4.78 is 3.22. The van der Waals surface area contributed by atoms with E-state index >= 15 is 0 Å². The fraction of sp³-hybridized carbons (Fsp3) is 0.786. The lowest BCUT2D eigenvalue weighted by Crippen LogP contribution is -2.48. The van der Waals surface area contributed by atoms with Crippen molar-refractivity contribution in [2.24, 2.45) is 7.05 Å². The van der Waals surface area contributed by atoms with Crippen LogP contribution in [0.5, 0.6) is 0 Å². The Morgan fingerprint density at radius 2 is 1.84 bits per heavy atom. The molecule has 2 rings (SSSR count). The Labute approximate surface area is 124 Å². The van der Waals surface area contributed by atoms with Crippen molar-refractivity contribution in [2.75, 3.05) is 26.2 Å². The molecule has 0 aromatic carbocycles. The second-order valence-corrected chi connectivity index (χ2v) is 6.38. The van der Waals surface area contributed by atoms with Gasteiger partial charge >= 0.3 is 0 Å². The Kier molecular flexibility index (Phi) is 5.03. The van der Waals surface area contributed by atoms with Crippen LogP contribution in [0.2, 0.25) is 0 Å². The first-order valence-corrected chi connectivity index (χ1v) is 7.98. The van der Waals surface area contributed by atoms with Gasteiger partial charge in [0, 0.05) is 45.8 Å². The molecule has 5 heteroatoms. The van der Waals surface area contributed by atoms with E-state index in [1.54, 1.807) is 0 Å². The number of halogens is 1. The summed E-state index contributed by atoms with van der Waals surface area (Å²) in [6, 6.07) is 0.664. The highest BCUT2D eigenvalue weighted by Gasteiger charge is 2.21. The maximum absolute atomic E-state index is 4.57. The molecule has 0 unspecified atom stereocenters. The number of piperazine rings is 1. The smallest absolute Gasteiger partial charge is 0.0767 e. The zero-order valence-corrected chi connectivity index (χ0v) is 14.1. The van der Waals surface area contributed by atoms with E-state index in [-0.39, 0.29) is 0 Å². The Morgan fingerprint density at radius 1 is 1.21 bits per heavy atom. The molecule has 0 radical (unpaired) electrons. The minimum Gasteiger partial charge on any atom is -0.298 e. The van der Waals surface area contributed by atoms with Crippen LogP contribution in [0.4, 0.5) is 0 Å². The van der Waals surface area contributed by atoms with Gasteiger partial charge in [-0.15, -0.1) is 0 Å². The largest absolute Gasteiger partial charge is 0.298 e. The lowest BCUT2D eigenvalue weighted by Gasteiger charge is -2.36. The summed E-state index contributed by atoms with van der Waals surface area (Å²) in [6.07, 6.45) is 0.982. The molecule has 0 N–H and O–H groups in total. The van der Waals surface area contributed by atoms with Gasteiger partial charge in [0.15, 0.2) is 0 Å². The quantitative estimate of drug-likeness (QED) is 0.847. The molecule has 0 bridgehead atoms. The molecule has 1 aromatic heterocycles. The minimum absolute atomic E-state index is 0.664. The van der Waals surface area contributed by atoms with Crippen molar-refractivity contribution in [3.63, 3.8) is 0 Å². The zero-order valence-electron chi connectivity index (χ0n) is 12.5. The summed E-state index contributed by atoms with van der Waals surface area (Å²) in [5.41, 5.74) is 2.47. The summed E-state index contributed by atoms with van der Waals surface area (Å²) in [4.78, 5) is 5.08. The fourth-order valence-corrected chi connectivity index (χ4v) is 3.38. The normalized spacial score (nSPS) is 18.4. The summed E-state index contributed by atoms with van der Waals surface area (Å²) in [5, 5.41) is 4.57. The lowest BCUT2D eigenvalue weighted by molar-refractivity contribution is 0.102. The second kappa shape index (κ2) is 6.37. The van der Waals surface area contributed by atoms with E-state index in [2.05, 4.69) is 51.6 Å². The third-order valence-corrected chi connectivity index (χ3v) is 4.93. The van der Waals surface area contributed by atoms with Crippen LogP contribution in [0.15, 0.2) is 4.47 Å². The van der Waals surface area contributed by atoms with Crippen molar-refractivity contribution in [3.8, 4) is 0 Å². The number of hydrogen-bond donors (Lipinski definition) is 0. The SMILES string of the molecule is CCc1nn(C)c(CN2CCN(C(C)C)CC2)c1Br. The Morgan fingerprint density at radius 3 is 2.32 bits per heavy atom. The number of aryl methyl sites for hydroxylation is 2. The minimum atomic E-state index is 0.664. The van der Waals surface area contributed by atoms with Gasteiger partial charge in [-0.1, -0.05) is 6.92 Å². The van der Waals surface area contributed by atoms with Gasteiger partial charge in [-0.05, 0) is 36.2 Å². The van der Waals surface area contributed by atoms with Crippen LogP contribution >= 0.6 is 15.9 Å². The third-order valence-electron chi connectivity index (χ3n) is 4.01. The standard InChI is InChI=1S/C14H25BrN4/c1-5-12-14(15)13(17(4)16-12)10-18-6-8-19(9-7-18)11(2)3/h11H,5-10H2,1-4H3. The van der Waals surface area contributed by atoms with Gasteiger partial charge in [-0.2, -0.15) is 5.10 Å². The van der Waals surface area contributed by atoms with Crippen molar-refractivity contribution >= 4 is 15.9 Å². The van der Waals surface area contributed by atoms with E-state index in [1.165, 1.54) is 29.0 Å². The van der Waals surface area contributed by atoms with Gasteiger partial charge in [0.25, 0.3) is 0 Å². The van der Waals surface area contributed by atoms with Crippen LogP contribution in [-0.4, -0.2) is 51.8 Å². The van der Waals surface area contributed by atoms with E-state index in [4.69, 9.17) is 0 Å². The molecule has 0 aliphatic carbocycles. The topological polar surface area (TPSA) is 24.3 Å². The molecule has 1 aliphatic heterocycles. The fourth-order valence-electron chi connectivity index (χ4n) is 2.64.